The third kappa shape index (κ3) is 2.91. The van der Waals surface area contributed by atoms with E-state index in [1.807, 2.05) is 12.3 Å². The van der Waals surface area contributed by atoms with Crippen molar-refractivity contribution in [3.63, 3.8) is 0 Å². The first-order chi connectivity index (χ1) is 16.9. The molecule has 0 radical (unpaired) electrons. The van der Waals surface area contributed by atoms with E-state index in [4.69, 9.17) is 4.98 Å². The van der Waals surface area contributed by atoms with Crippen LogP contribution in [0.3, 0.4) is 0 Å². The molecule has 0 fully saturated rings. The first-order valence-electron chi connectivity index (χ1n) is 11.6. The van der Waals surface area contributed by atoms with Gasteiger partial charge >= 0.3 is 0 Å². The molecule has 0 aliphatic heterocycles. The molecule has 0 unspecified atom stereocenters. The molecule has 1 heterocycles. The van der Waals surface area contributed by atoms with Gasteiger partial charge in [-0.25, -0.2) is 0 Å². The van der Waals surface area contributed by atoms with Crippen LogP contribution in [0, 0.1) is 0 Å². The van der Waals surface area contributed by atoms with Crippen LogP contribution in [0.5, 0.6) is 0 Å². The lowest BCUT2D eigenvalue weighted by Crippen LogP contribution is -1.92. The maximum Gasteiger partial charge on any atom is 0.0792 e. The van der Waals surface area contributed by atoms with Crippen molar-refractivity contribution in [1.29, 1.82) is 0 Å². The lowest BCUT2D eigenvalue weighted by Gasteiger charge is -2.17. The number of hydrogen-bond acceptors (Lipinski definition) is 1. The zero-order valence-corrected chi connectivity index (χ0v) is 18.6. The minimum atomic E-state index is 1.04. The Morgan fingerprint density at radius 1 is 0.382 bits per heavy atom. The van der Waals surface area contributed by atoms with Crippen molar-refractivity contribution >= 4 is 43.2 Å². The molecule has 158 valence electrons. The molecular formula is C33H21N. The van der Waals surface area contributed by atoms with Crippen LogP contribution in [0.15, 0.2) is 128 Å². The summed E-state index contributed by atoms with van der Waals surface area (Å²) >= 11 is 0. The van der Waals surface area contributed by atoms with Gasteiger partial charge in [0.1, 0.15) is 0 Å². The summed E-state index contributed by atoms with van der Waals surface area (Å²) in [5.74, 6) is 0. The molecule has 7 rings (SSSR count). The summed E-state index contributed by atoms with van der Waals surface area (Å²) in [5, 5.41) is 8.66. The monoisotopic (exact) mass is 431 g/mol. The van der Waals surface area contributed by atoms with E-state index in [9.17, 15) is 0 Å². The van der Waals surface area contributed by atoms with E-state index in [1.54, 1.807) is 0 Å². The Kier molecular flexibility index (Phi) is 4.22. The van der Waals surface area contributed by atoms with Crippen molar-refractivity contribution in [3.05, 3.63) is 128 Å². The van der Waals surface area contributed by atoms with Crippen molar-refractivity contribution in [2.45, 2.75) is 0 Å². The second-order valence-corrected chi connectivity index (χ2v) is 8.82. The topological polar surface area (TPSA) is 12.9 Å². The maximum absolute atomic E-state index is 4.94. The van der Waals surface area contributed by atoms with Gasteiger partial charge in [-0.2, -0.15) is 0 Å². The molecule has 6 aromatic carbocycles. The average Bonchev–Trinajstić information content (AvgIpc) is 2.91. The molecule has 0 amide bonds. The van der Waals surface area contributed by atoms with Crippen LogP contribution in [0.2, 0.25) is 0 Å². The summed E-state index contributed by atoms with van der Waals surface area (Å²) in [7, 11) is 0. The van der Waals surface area contributed by atoms with Crippen molar-refractivity contribution in [3.8, 4) is 22.3 Å². The van der Waals surface area contributed by atoms with Gasteiger partial charge in [0.05, 0.1) is 5.52 Å². The van der Waals surface area contributed by atoms with E-state index in [0.717, 1.165) is 5.52 Å². The highest BCUT2D eigenvalue weighted by Crippen LogP contribution is 2.43. The number of aromatic nitrogens is 1. The molecule has 0 bridgehead atoms. The normalized spacial score (nSPS) is 11.5. The Balaban J connectivity index is 1.61. The SMILES string of the molecule is c1ccc2cc(-c3c4ccccc4c(-c4ccc5ccccc5c4)c4ncccc34)ccc2c1. The molecule has 7 aromatic rings. The standard InChI is InChI=1S/C33H21N/c1-3-10-24-20-26(17-15-22(24)8-1)31-28-12-5-6-13-29(28)32(33-30(31)14-7-19-34-33)27-18-16-23-9-2-4-11-25(23)21-27/h1-21H. The van der Waals surface area contributed by atoms with E-state index in [1.165, 1.54) is 60.0 Å². The van der Waals surface area contributed by atoms with Gasteiger partial charge in [0.15, 0.2) is 0 Å². The highest BCUT2D eigenvalue weighted by Gasteiger charge is 2.17. The molecule has 0 atom stereocenters. The summed E-state index contributed by atoms with van der Waals surface area (Å²) in [6.07, 6.45) is 1.91. The molecular weight excluding hydrogens is 410 g/mol. The summed E-state index contributed by atoms with van der Waals surface area (Å²) in [6.45, 7) is 0. The third-order valence-corrected chi connectivity index (χ3v) is 6.86. The minimum Gasteiger partial charge on any atom is -0.256 e. The molecule has 1 heteroatoms. The van der Waals surface area contributed by atoms with Crippen LogP contribution in [-0.2, 0) is 0 Å². The molecule has 1 aromatic heterocycles. The van der Waals surface area contributed by atoms with Crippen LogP contribution >= 0.6 is 0 Å². The smallest absolute Gasteiger partial charge is 0.0792 e. The van der Waals surface area contributed by atoms with E-state index in [2.05, 4.69) is 115 Å². The second kappa shape index (κ2) is 7.54. The largest absolute Gasteiger partial charge is 0.256 e. The number of fused-ring (bicyclic) bond motifs is 4. The maximum atomic E-state index is 4.94. The van der Waals surface area contributed by atoms with Crippen LogP contribution in [0.1, 0.15) is 0 Å². The van der Waals surface area contributed by atoms with Crippen molar-refractivity contribution in [1.82, 2.24) is 4.98 Å². The Bertz CT molecular complexity index is 1670. The molecule has 0 aliphatic carbocycles. The number of pyridine rings is 1. The number of nitrogens with zero attached hydrogens (tertiary/aromatic N) is 1. The molecule has 0 N–H and O–H groups in total. The number of hydrogen-bond donors (Lipinski definition) is 0. The van der Waals surface area contributed by atoms with E-state index in [-0.39, 0.29) is 0 Å². The summed E-state index contributed by atoms with van der Waals surface area (Å²) in [4.78, 5) is 4.94. The summed E-state index contributed by atoms with van der Waals surface area (Å²) < 4.78 is 0. The molecule has 0 aliphatic rings. The van der Waals surface area contributed by atoms with E-state index < -0.39 is 0 Å². The average molecular weight is 432 g/mol. The fourth-order valence-corrected chi connectivity index (χ4v) is 5.29. The van der Waals surface area contributed by atoms with Crippen LogP contribution in [0.25, 0.3) is 65.5 Å². The van der Waals surface area contributed by atoms with Gasteiger partial charge in [0.2, 0.25) is 0 Å². The van der Waals surface area contributed by atoms with Gasteiger partial charge in [0.25, 0.3) is 0 Å². The van der Waals surface area contributed by atoms with Crippen molar-refractivity contribution in [2.75, 3.05) is 0 Å². The Morgan fingerprint density at radius 2 is 0.882 bits per heavy atom. The predicted octanol–water partition coefficient (Wildman–Crippen LogP) is 9.03. The predicted molar refractivity (Wildman–Crippen MR) is 145 cm³/mol. The van der Waals surface area contributed by atoms with Gasteiger partial charge in [-0.05, 0) is 67.2 Å². The fourth-order valence-electron chi connectivity index (χ4n) is 5.29. The van der Waals surface area contributed by atoms with E-state index in [0.29, 0.717) is 0 Å². The second-order valence-electron chi connectivity index (χ2n) is 8.82. The lowest BCUT2D eigenvalue weighted by atomic mass is 9.87. The van der Waals surface area contributed by atoms with Crippen molar-refractivity contribution in [2.24, 2.45) is 0 Å². The molecule has 0 saturated heterocycles. The Labute approximate surface area is 197 Å². The number of rotatable bonds is 2. The highest BCUT2D eigenvalue weighted by molar-refractivity contribution is 6.20. The molecule has 34 heavy (non-hydrogen) atoms. The molecule has 1 nitrogen and oxygen atoms in total. The van der Waals surface area contributed by atoms with Crippen LogP contribution in [-0.4, -0.2) is 4.98 Å². The highest BCUT2D eigenvalue weighted by atomic mass is 14.7. The minimum absolute atomic E-state index is 1.04. The first-order valence-corrected chi connectivity index (χ1v) is 11.6. The zero-order chi connectivity index (χ0) is 22.5. The van der Waals surface area contributed by atoms with Gasteiger partial charge in [-0.15, -0.1) is 0 Å². The molecule has 0 saturated carbocycles. The summed E-state index contributed by atoms with van der Waals surface area (Å²) in [5.41, 5.74) is 5.90. The first kappa shape index (κ1) is 19.0. The van der Waals surface area contributed by atoms with E-state index >= 15 is 0 Å². The Morgan fingerprint density at radius 3 is 1.53 bits per heavy atom. The zero-order valence-electron chi connectivity index (χ0n) is 18.6. The number of benzene rings is 6. The third-order valence-electron chi connectivity index (χ3n) is 6.86. The van der Waals surface area contributed by atoms with Gasteiger partial charge in [-0.3, -0.25) is 4.98 Å². The van der Waals surface area contributed by atoms with Crippen LogP contribution in [0.4, 0.5) is 0 Å². The molecule has 0 spiro atoms. The van der Waals surface area contributed by atoms with Gasteiger partial charge in [0, 0.05) is 17.1 Å². The van der Waals surface area contributed by atoms with Gasteiger partial charge in [-0.1, -0.05) is 103 Å². The fraction of sp³-hybridized carbons (Fsp3) is 0. The van der Waals surface area contributed by atoms with Gasteiger partial charge < -0.3 is 0 Å². The Hall–Kier alpha value is -4.49. The quantitative estimate of drug-likeness (QED) is 0.249. The summed E-state index contributed by atoms with van der Waals surface area (Å²) in [6, 6.07) is 43.6. The van der Waals surface area contributed by atoms with Crippen LogP contribution < -0.4 is 0 Å². The van der Waals surface area contributed by atoms with Crippen molar-refractivity contribution < 1.29 is 0 Å². The lowest BCUT2D eigenvalue weighted by molar-refractivity contribution is 1.42.